The third-order valence-electron chi connectivity index (χ3n) is 2.48. The van der Waals surface area contributed by atoms with Crippen molar-refractivity contribution in [1.82, 2.24) is 24.6 Å². The first-order valence-electron chi connectivity index (χ1n) is 5.19. The minimum atomic E-state index is 0.482. The van der Waals surface area contributed by atoms with Crippen LogP contribution in [0, 0.1) is 0 Å². The van der Waals surface area contributed by atoms with E-state index in [1.165, 1.54) is 0 Å². The molecule has 0 atom stereocenters. The van der Waals surface area contributed by atoms with Gasteiger partial charge in [-0.3, -0.25) is 9.38 Å². The quantitative estimate of drug-likeness (QED) is 0.693. The molecule has 0 aliphatic rings. The molecule has 0 amide bonds. The number of hydrogen-bond acceptors (Lipinski definition) is 5. The Bertz CT molecular complexity index is 642. The predicted octanol–water partition coefficient (Wildman–Crippen LogP) is 0.645. The van der Waals surface area contributed by atoms with Gasteiger partial charge in [0.1, 0.15) is 5.69 Å². The molecule has 0 saturated carbocycles. The lowest BCUT2D eigenvalue weighted by atomic mass is 10.2. The van der Waals surface area contributed by atoms with Crippen LogP contribution in [0.2, 0.25) is 0 Å². The molecule has 0 aliphatic heterocycles. The van der Waals surface area contributed by atoms with Crippen LogP contribution in [0.15, 0.2) is 36.8 Å². The third kappa shape index (κ3) is 1.64. The van der Waals surface area contributed by atoms with Crippen molar-refractivity contribution >= 4 is 5.78 Å². The maximum absolute atomic E-state index is 5.53. The molecule has 3 heterocycles. The van der Waals surface area contributed by atoms with Gasteiger partial charge in [0.05, 0.1) is 0 Å². The fourth-order valence-electron chi connectivity index (χ4n) is 1.59. The van der Waals surface area contributed by atoms with Crippen LogP contribution in [0.5, 0.6) is 0 Å². The fourth-order valence-corrected chi connectivity index (χ4v) is 1.59. The highest BCUT2D eigenvalue weighted by molar-refractivity contribution is 5.53. The zero-order valence-electron chi connectivity index (χ0n) is 8.98. The van der Waals surface area contributed by atoms with Crippen LogP contribution >= 0.6 is 0 Å². The normalized spacial score (nSPS) is 10.9. The smallest absolute Gasteiger partial charge is 0.255 e. The van der Waals surface area contributed by atoms with Crippen LogP contribution in [-0.4, -0.2) is 24.6 Å². The topological polar surface area (TPSA) is 82.0 Å². The van der Waals surface area contributed by atoms with E-state index < -0.39 is 0 Å². The van der Waals surface area contributed by atoms with Gasteiger partial charge in [-0.15, -0.1) is 10.2 Å². The number of nitrogens with zero attached hydrogens (tertiary/aromatic N) is 5. The van der Waals surface area contributed by atoms with Gasteiger partial charge in [0.25, 0.3) is 5.78 Å². The van der Waals surface area contributed by atoms with Gasteiger partial charge in [-0.1, -0.05) is 6.07 Å². The first-order valence-corrected chi connectivity index (χ1v) is 5.19. The minimum Gasteiger partial charge on any atom is -0.326 e. The second-order valence-corrected chi connectivity index (χ2v) is 3.57. The van der Waals surface area contributed by atoms with Crippen LogP contribution in [0.1, 0.15) is 5.56 Å². The molecule has 17 heavy (non-hydrogen) atoms. The molecule has 84 valence electrons. The van der Waals surface area contributed by atoms with Crippen molar-refractivity contribution in [2.45, 2.75) is 6.54 Å². The van der Waals surface area contributed by atoms with E-state index in [0.29, 0.717) is 18.1 Å². The molecule has 6 heteroatoms. The number of aromatic nitrogens is 5. The minimum absolute atomic E-state index is 0.482. The monoisotopic (exact) mass is 226 g/mol. The van der Waals surface area contributed by atoms with Gasteiger partial charge >= 0.3 is 0 Å². The first kappa shape index (κ1) is 9.86. The number of nitrogens with two attached hydrogens (primary N) is 1. The highest BCUT2D eigenvalue weighted by Crippen LogP contribution is 2.14. The number of hydrogen-bond donors (Lipinski definition) is 1. The average Bonchev–Trinajstić information content (AvgIpc) is 2.83. The van der Waals surface area contributed by atoms with E-state index in [0.717, 1.165) is 11.3 Å². The van der Waals surface area contributed by atoms with E-state index in [1.807, 2.05) is 24.4 Å². The second kappa shape index (κ2) is 3.91. The van der Waals surface area contributed by atoms with E-state index in [1.54, 1.807) is 16.8 Å². The van der Waals surface area contributed by atoms with Gasteiger partial charge in [-0.2, -0.15) is 0 Å². The lowest BCUT2D eigenvalue weighted by Gasteiger charge is -1.99. The van der Waals surface area contributed by atoms with E-state index in [9.17, 15) is 0 Å². The molecule has 0 aliphatic carbocycles. The van der Waals surface area contributed by atoms with Crippen molar-refractivity contribution in [3.8, 4) is 11.5 Å². The maximum Gasteiger partial charge on any atom is 0.255 e. The zero-order chi connectivity index (χ0) is 11.7. The van der Waals surface area contributed by atoms with Crippen LogP contribution < -0.4 is 5.73 Å². The summed E-state index contributed by atoms with van der Waals surface area (Å²) in [5.41, 5.74) is 7.27. The summed E-state index contributed by atoms with van der Waals surface area (Å²) in [6.07, 6.45) is 5.28. The molecular formula is C11H10N6. The Kier molecular flexibility index (Phi) is 2.27. The summed E-state index contributed by atoms with van der Waals surface area (Å²) < 4.78 is 1.80. The Hall–Kier alpha value is -2.34. The van der Waals surface area contributed by atoms with E-state index in [-0.39, 0.29) is 0 Å². The van der Waals surface area contributed by atoms with Gasteiger partial charge in [0.2, 0.25) is 0 Å². The summed E-state index contributed by atoms with van der Waals surface area (Å²) in [5, 5.41) is 8.05. The summed E-state index contributed by atoms with van der Waals surface area (Å²) in [6, 6.07) is 5.64. The van der Waals surface area contributed by atoms with E-state index >= 15 is 0 Å². The Morgan fingerprint density at radius 3 is 2.88 bits per heavy atom. The van der Waals surface area contributed by atoms with Crippen molar-refractivity contribution in [1.29, 1.82) is 0 Å². The number of rotatable bonds is 2. The Morgan fingerprint density at radius 1 is 1.18 bits per heavy atom. The highest BCUT2D eigenvalue weighted by atomic mass is 15.3. The molecule has 3 aromatic rings. The van der Waals surface area contributed by atoms with Crippen LogP contribution in [0.4, 0.5) is 0 Å². The molecule has 0 saturated heterocycles. The van der Waals surface area contributed by atoms with Crippen molar-refractivity contribution < 1.29 is 0 Å². The van der Waals surface area contributed by atoms with Gasteiger partial charge in [0, 0.05) is 25.1 Å². The van der Waals surface area contributed by atoms with Crippen molar-refractivity contribution in [3.63, 3.8) is 0 Å². The van der Waals surface area contributed by atoms with E-state index in [2.05, 4.69) is 20.2 Å². The van der Waals surface area contributed by atoms with Crippen molar-refractivity contribution in [2.24, 2.45) is 5.73 Å². The average molecular weight is 226 g/mol. The molecule has 0 bridgehead atoms. The summed E-state index contributed by atoms with van der Waals surface area (Å²) in [4.78, 5) is 8.41. The molecule has 0 fully saturated rings. The Labute approximate surface area is 97.2 Å². The SMILES string of the molecule is NCc1ccc(-c2nnc3ncccn23)nc1. The molecule has 0 radical (unpaired) electrons. The maximum atomic E-state index is 5.53. The largest absolute Gasteiger partial charge is 0.326 e. The zero-order valence-corrected chi connectivity index (χ0v) is 8.98. The Morgan fingerprint density at radius 2 is 2.12 bits per heavy atom. The third-order valence-corrected chi connectivity index (χ3v) is 2.48. The molecule has 0 aromatic carbocycles. The standard InChI is InChI=1S/C11H10N6/c12-6-8-2-3-9(14-7-8)10-15-16-11-13-4-1-5-17(10)11/h1-5,7H,6,12H2. The molecule has 0 unspecified atom stereocenters. The summed E-state index contributed by atoms with van der Waals surface area (Å²) in [6.45, 7) is 0.482. The van der Waals surface area contributed by atoms with Crippen LogP contribution in [0.3, 0.4) is 0 Å². The Balaban J connectivity index is 2.13. The van der Waals surface area contributed by atoms with Gasteiger partial charge in [-0.25, -0.2) is 4.98 Å². The fraction of sp³-hybridized carbons (Fsp3) is 0.0909. The summed E-state index contributed by atoms with van der Waals surface area (Å²) in [7, 11) is 0. The lowest BCUT2D eigenvalue weighted by Crippen LogP contribution is -1.98. The highest BCUT2D eigenvalue weighted by Gasteiger charge is 2.08. The molecular weight excluding hydrogens is 216 g/mol. The van der Waals surface area contributed by atoms with Gasteiger partial charge in [0.15, 0.2) is 5.82 Å². The predicted molar refractivity (Wildman–Crippen MR) is 61.9 cm³/mol. The van der Waals surface area contributed by atoms with Crippen molar-refractivity contribution in [3.05, 3.63) is 42.4 Å². The summed E-state index contributed by atoms with van der Waals surface area (Å²) in [5.74, 6) is 1.24. The second-order valence-electron chi connectivity index (χ2n) is 3.57. The molecule has 2 N–H and O–H groups in total. The molecule has 3 rings (SSSR count). The van der Waals surface area contributed by atoms with Crippen molar-refractivity contribution in [2.75, 3.05) is 0 Å². The number of fused-ring (bicyclic) bond motifs is 1. The van der Waals surface area contributed by atoms with Crippen LogP contribution in [-0.2, 0) is 6.54 Å². The lowest BCUT2D eigenvalue weighted by molar-refractivity contribution is 1.03. The van der Waals surface area contributed by atoms with Gasteiger partial charge < -0.3 is 5.73 Å². The van der Waals surface area contributed by atoms with E-state index in [4.69, 9.17) is 5.73 Å². The molecule has 0 spiro atoms. The number of pyridine rings is 1. The molecule has 3 aromatic heterocycles. The van der Waals surface area contributed by atoms with Crippen LogP contribution in [0.25, 0.3) is 17.3 Å². The molecule has 6 nitrogen and oxygen atoms in total. The first-order chi connectivity index (χ1) is 8.38. The van der Waals surface area contributed by atoms with Gasteiger partial charge in [-0.05, 0) is 17.7 Å². The summed E-state index contributed by atoms with van der Waals surface area (Å²) >= 11 is 0.